The van der Waals surface area contributed by atoms with Gasteiger partial charge >= 0.3 is 0 Å². The lowest BCUT2D eigenvalue weighted by Gasteiger charge is -2.24. The summed E-state index contributed by atoms with van der Waals surface area (Å²) in [5.41, 5.74) is 2.81. The molecule has 2 rings (SSSR count). The van der Waals surface area contributed by atoms with Crippen LogP contribution < -0.4 is 4.90 Å². The molecular formula is C17H23N3O. The van der Waals surface area contributed by atoms with Crippen LogP contribution >= 0.6 is 0 Å². The maximum Gasteiger partial charge on any atom is 0.129 e. The van der Waals surface area contributed by atoms with Crippen molar-refractivity contribution in [2.45, 2.75) is 39.3 Å². The fraction of sp³-hybridized carbons (Fsp3) is 0.412. The molecule has 21 heavy (non-hydrogen) atoms. The van der Waals surface area contributed by atoms with Gasteiger partial charge in [0.2, 0.25) is 0 Å². The minimum absolute atomic E-state index is 0.0238. The Morgan fingerprint density at radius 1 is 1.19 bits per heavy atom. The summed E-state index contributed by atoms with van der Waals surface area (Å²) in [7, 11) is 1.99. The van der Waals surface area contributed by atoms with Crippen LogP contribution in [-0.2, 0) is 18.6 Å². The molecule has 0 saturated carbocycles. The van der Waals surface area contributed by atoms with E-state index in [4.69, 9.17) is 4.98 Å². The van der Waals surface area contributed by atoms with E-state index in [1.54, 1.807) is 6.20 Å². The second-order valence-electron chi connectivity index (χ2n) is 6.30. The molecule has 0 bridgehead atoms. The molecule has 0 amide bonds. The van der Waals surface area contributed by atoms with E-state index >= 15 is 0 Å². The summed E-state index contributed by atoms with van der Waals surface area (Å²) in [6.45, 7) is 7.08. The van der Waals surface area contributed by atoms with Gasteiger partial charge in [-0.3, -0.25) is 4.98 Å². The highest BCUT2D eigenvalue weighted by Crippen LogP contribution is 2.25. The number of rotatable bonds is 4. The predicted molar refractivity (Wildman–Crippen MR) is 85.2 cm³/mol. The number of aromatic nitrogens is 2. The van der Waals surface area contributed by atoms with Crippen LogP contribution in [0.25, 0.3) is 0 Å². The van der Waals surface area contributed by atoms with Crippen molar-refractivity contribution < 1.29 is 5.11 Å². The molecule has 2 heterocycles. The number of aliphatic hydroxyl groups is 1. The molecule has 0 aliphatic heterocycles. The average molecular weight is 285 g/mol. The summed E-state index contributed by atoms with van der Waals surface area (Å²) >= 11 is 0. The van der Waals surface area contributed by atoms with Crippen molar-refractivity contribution in [3.05, 3.63) is 53.5 Å². The summed E-state index contributed by atoms with van der Waals surface area (Å²) in [5.74, 6) is 0.858. The van der Waals surface area contributed by atoms with Crippen molar-refractivity contribution in [2.75, 3.05) is 11.9 Å². The van der Waals surface area contributed by atoms with Gasteiger partial charge in [-0.2, -0.15) is 0 Å². The van der Waals surface area contributed by atoms with Gasteiger partial charge in [0.25, 0.3) is 0 Å². The molecule has 0 aromatic carbocycles. The molecule has 0 atom stereocenters. The Labute approximate surface area is 126 Å². The first kappa shape index (κ1) is 15.4. The quantitative estimate of drug-likeness (QED) is 0.938. The van der Waals surface area contributed by atoms with Crippen molar-refractivity contribution >= 4 is 5.82 Å². The average Bonchev–Trinajstić information content (AvgIpc) is 2.46. The maximum absolute atomic E-state index is 9.47. The third-order valence-electron chi connectivity index (χ3n) is 3.34. The van der Waals surface area contributed by atoms with Gasteiger partial charge in [0, 0.05) is 24.4 Å². The smallest absolute Gasteiger partial charge is 0.129 e. The van der Waals surface area contributed by atoms with Crippen molar-refractivity contribution in [2.24, 2.45) is 0 Å². The fourth-order valence-electron chi connectivity index (χ4n) is 2.06. The normalized spacial score (nSPS) is 11.5. The lowest BCUT2D eigenvalue weighted by atomic mass is 9.91. The summed E-state index contributed by atoms with van der Waals surface area (Å²) in [6.07, 6.45) is 1.79. The van der Waals surface area contributed by atoms with Gasteiger partial charge in [-0.1, -0.05) is 26.8 Å². The predicted octanol–water partition coefficient (Wildman–Crippen LogP) is 2.90. The Bertz CT molecular complexity index is 591. The van der Waals surface area contributed by atoms with Gasteiger partial charge in [0.15, 0.2) is 0 Å². The minimum Gasteiger partial charge on any atom is -0.392 e. The van der Waals surface area contributed by atoms with Crippen LogP contribution in [0, 0.1) is 0 Å². The lowest BCUT2D eigenvalue weighted by molar-refractivity contribution is 0.281. The van der Waals surface area contributed by atoms with Gasteiger partial charge in [0.05, 0.1) is 18.8 Å². The van der Waals surface area contributed by atoms with E-state index in [0.29, 0.717) is 6.54 Å². The minimum atomic E-state index is -0.0498. The zero-order valence-corrected chi connectivity index (χ0v) is 13.2. The van der Waals surface area contributed by atoms with Gasteiger partial charge in [-0.05, 0) is 29.8 Å². The Balaban J connectivity index is 2.30. The van der Waals surface area contributed by atoms with Gasteiger partial charge in [-0.25, -0.2) is 4.98 Å². The number of hydrogen-bond acceptors (Lipinski definition) is 4. The monoisotopic (exact) mass is 285 g/mol. The standard InChI is InChI=1S/C17H23N3O/c1-17(2,3)15-9-13(12-21)10-16(19-15)20(4)11-14-7-5-6-8-18-14/h5-10,21H,11-12H2,1-4H3. The molecule has 0 radical (unpaired) electrons. The lowest BCUT2D eigenvalue weighted by Crippen LogP contribution is -2.22. The number of nitrogens with zero attached hydrogens (tertiary/aromatic N) is 3. The van der Waals surface area contributed by atoms with Gasteiger partial charge < -0.3 is 10.0 Å². The third-order valence-corrected chi connectivity index (χ3v) is 3.34. The van der Waals surface area contributed by atoms with Crippen molar-refractivity contribution in [1.29, 1.82) is 0 Å². The molecular weight excluding hydrogens is 262 g/mol. The summed E-state index contributed by atoms with van der Waals surface area (Å²) in [6, 6.07) is 9.79. The number of hydrogen-bond donors (Lipinski definition) is 1. The topological polar surface area (TPSA) is 49.2 Å². The zero-order chi connectivity index (χ0) is 15.5. The van der Waals surface area contributed by atoms with Crippen LogP contribution in [0.3, 0.4) is 0 Å². The molecule has 0 fully saturated rings. The van der Waals surface area contributed by atoms with Crippen LogP contribution in [0.4, 0.5) is 5.82 Å². The molecule has 2 aromatic rings. The molecule has 2 aromatic heterocycles. The first-order valence-corrected chi connectivity index (χ1v) is 7.13. The Morgan fingerprint density at radius 3 is 2.52 bits per heavy atom. The van der Waals surface area contributed by atoms with Crippen molar-refractivity contribution in [3.8, 4) is 0 Å². The van der Waals surface area contributed by atoms with Crippen molar-refractivity contribution in [3.63, 3.8) is 0 Å². The largest absolute Gasteiger partial charge is 0.392 e. The van der Waals surface area contributed by atoms with Gasteiger partial charge in [-0.15, -0.1) is 0 Å². The Morgan fingerprint density at radius 2 is 1.95 bits per heavy atom. The van der Waals surface area contributed by atoms with E-state index in [9.17, 15) is 5.11 Å². The molecule has 0 saturated heterocycles. The second-order valence-corrected chi connectivity index (χ2v) is 6.30. The fourth-order valence-corrected chi connectivity index (χ4v) is 2.06. The molecule has 4 nitrogen and oxygen atoms in total. The SMILES string of the molecule is CN(Cc1ccccn1)c1cc(CO)cc(C(C)(C)C)n1. The summed E-state index contributed by atoms with van der Waals surface area (Å²) < 4.78 is 0. The highest BCUT2D eigenvalue weighted by Gasteiger charge is 2.18. The Hall–Kier alpha value is -1.94. The second kappa shape index (κ2) is 6.22. The molecule has 0 aliphatic carbocycles. The molecule has 1 N–H and O–H groups in total. The first-order chi connectivity index (χ1) is 9.90. The number of pyridine rings is 2. The third kappa shape index (κ3) is 4.02. The van der Waals surface area contributed by atoms with Crippen LogP contribution in [0.2, 0.25) is 0 Å². The number of aliphatic hydroxyl groups excluding tert-OH is 1. The maximum atomic E-state index is 9.47. The van der Waals surface area contributed by atoms with E-state index in [0.717, 1.165) is 22.8 Å². The molecule has 4 heteroatoms. The summed E-state index contributed by atoms with van der Waals surface area (Å²) in [5, 5.41) is 9.47. The van der Waals surface area contributed by atoms with Crippen LogP contribution in [0.1, 0.15) is 37.7 Å². The van der Waals surface area contributed by atoms with Crippen LogP contribution in [0.5, 0.6) is 0 Å². The summed E-state index contributed by atoms with van der Waals surface area (Å²) in [4.78, 5) is 11.1. The van der Waals surface area contributed by atoms with E-state index in [1.807, 2.05) is 37.4 Å². The highest BCUT2D eigenvalue weighted by molar-refractivity contribution is 5.43. The molecule has 112 valence electrons. The highest BCUT2D eigenvalue weighted by atomic mass is 16.3. The zero-order valence-electron chi connectivity index (χ0n) is 13.2. The van der Waals surface area contributed by atoms with E-state index in [2.05, 4.69) is 30.7 Å². The molecule has 0 spiro atoms. The molecule has 0 aliphatic rings. The first-order valence-electron chi connectivity index (χ1n) is 7.13. The van der Waals surface area contributed by atoms with Crippen LogP contribution in [-0.4, -0.2) is 22.1 Å². The van der Waals surface area contributed by atoms with Crippen molar-refractivity contribution in [1.82, 2.24) is 9.97 Å². The van der Waals surface area contributed by atoms with Crippen LogP contribution in [0.15, 0.2) is 36.5 Å². The van der Waals surface area contributed by atoms with Gasteiger partial charge in [0.1, 0.15) is 5.82 Å². The van der Waals surface area contributed by atoms with E-state index in [-0.39, 0.29) is 12.0 Å². The number of anilines is 1. The Kier molecular flexibility index (Phi) is 4.58. The molecule has 0 unspecified atom stereocenters. The van der Waals surface area contributed by atoms with E-state index in [1.165, 1.54) is 0 Å². The van der Waals surface area contributed by atoms with E-state index < -0.39 is 0 Å².